The van der Waals surface area contributed by atoms with Crippen molar-refractivity contribution >= 4 is 16.9 Å². The van der Waals surface area contributed by atoms with Crippen LogP contribution in [-0.4, -0.2) is 19.6 Å². The van der Waals surface area contributed by atoms with Crippen molar-refractivity contribution < 1.29 is 0 Å². The van der Waals surface area contributed by atoms with Gasteiger partial charge >= 0.3 is 0 Å². The molecule has 27 heavy (non-hydrogen) atoms. The Hall–Kier alpha value is -1.95. The van der Waals surface area contributed by atoms with Crippen LogP contribution in [0.2, 0.25) is 0 Å². The number of aryl methyl sites for hydroxylation is 1. The maximum absolute atomic E-state index is 13.0. The van der Waals surface area contributed by atoms with Crippen LogP contribution in [0.15, 0.2) is 22.3 Å². The molecule has 0 aromatic carbocycles. The number of hydrogen-bond acceptors (Lipinski definition) is 4. The molecule has 5 nitrogen and oxygen atoms in total. The van der Waals surface area contributed by atoms with Crippen LogP contribution in [0.4, 0.5) is 0 Å². The second-order valence-electron chi connectivity index (χ2n) is 8.97. The van der Waals surface area contributed by atoms with Gasteiger partial charge in [-0.05, 0) is 74.1 Å². The van der Waals surface area contributed by atoms with Crippen molar-refractivity contribution in [2.75, 3.05) is 0 Å². The number of hydrogen-bond donors (Lipinski definition) is 1. The molecule has 0 aliphatic heterocycles. The second kappa shape index (κ2) is 5.53. The van der Waals surface area contributed by atoms with Crippen LogP contribution in [0, 0.1) is 17.8 Å². The van der Waals surface area contributed by atoms with Crippen molar-refractivity contribution in [1.29, 1.82) is 0 Å². The van der Waals surface area contributed by atoms with Crippen LogP contribution in [0.25, 0.3) is 16.2 Å². The molecule has 7 rings (SSSR count). The highest BCUT2D eigenvalue weighted by Gasteiger charge is 2.53. The molecule has 0 amide bonds. The van der Waals surface area contributed by atoms with Gasteiger partial charge in [0.25, 0.3) is 5.56 Å². The highest BCUT2D eigenvalue weighted by molar-refractivity contribution is 7.13. The maximum atomic E-state index is 13.0. The van der Waals surface area contributed by atoms with Gasteiger partial charge in [-0.15, -0.1) is 16.4 Å². The number of nitrogens with zero attached hydrogens (tertiary/aromatic N) is 3. The lowest BCUT2D eigenvalue weighted by Gasteiger charge is -2.56. The zero-order valence-electron chi connectivity index (χ0n) is 15.6. The molecular weight excluding hydrogens is 356 g/mol. The zero-order valence-corrected chi connectivity index (χ0v) is 16.4. The quantitative estimate of drug-likeness (QED) is 0.741. The van der Waals surface area contributed by atoms with Gasteiger partial charge in [0.05, 0.1) is 10.6 Å². The Morgan fingerprint density at radius 2 is 1.93 bits per heavy atom. The van der Waals surface area contributed by atoms with E-state index in [1.807, 2.05) is 22.0 Å². The minimum atomic E-state index is -0.0614. The lowest BCUT2D eigenvalue weighted by Crippen LogP contribution is -2.49. The van der Waals surface area contributed by atoms with E-state index in [-0.39, 0.29) is 11.0 Å². The molecule has 6 heteroatoms. The molecular formula is C21H24N4OS. The molecule has 4 fully saturated rings. The number of nitrogens with one attached hydrogen (secondary N) is 1. The van der Waals surface area contributed by atoms with Gasteiger partial charge in [0.15, 0.2) is 11.3 Å². The number of thiophene rings is 1. The molecule has 140 valence electrons. The van der Waals surface area contributed by atoms with Gasteiger partial charge in [-0.25, -0.2) is 9.50 Å². The number of fused-ring (bicyclic) bond motifs is 1. The summed E-state index contributed by atoms with van der Waals surface area (Å²) in [6, 6.07) is 4.01. The smallest absolute Gasteiger partial charge is 0.277 e. The van der Waals surface area contributed by atoms with E-state index in [0.29, 0.717) is 11.3 Å². The molecule has 4 saturated carbocycles. The summed E-state index contributed by atoms with van der Waals surface area (Å²) < 4.78 is 1.93. The molecule has 0 saturated heterocycles. The van der Waals surface area contributed by atoms with Gasteiger partial charge < -0.3 is 4.98 Å². The molecule has 0 spiro atoms. The van der Waals surface area contributed by atoms with E-state index in [1.54, 1.807) is 11.3 Å². The van der Waals surface area contributed by atoms with E-state index in [0.717, 1.165) is 40.6 Å². The maximum Gasteiger partial charge on any atom is 0.277 e. The normalized spacial score (nSPS) is 31.8. The van der Waals surface area contributed by atoms with E-state index in [4.69, 9.17) is 10.1 Å². The minimum Gasteiger partial charge on any atom is -0.303 e. The monoisotopic (exact) mass is 380 g/mol. The minimum absolute atomic E-state index is 0.0614. The topological polar surface area (TPSA) is 63.1 Å². The van der Waals surface area contributed by atoms with Gasteiger partial charge in [-0.1, -0.05) is 13.0 Å². The first-order chi connectivity index (χ1) is 13.1. The Bertz CT molecular complexity index is 1040. The SMILES string of the molecule is CCc1nc(C23CC4CC(CC(C4)C2)C3)n2nc(-c3cccs3)[nH]c(=O)c12. The summed E-state index contributed by atoms with van der Waals surface area (Å²) >= 11 is 1.60. The molecule has 3 heterocycles. The third-order valence-electron chi connectivity index (χ3n) is 7.18. The fourth-order valence-corrected chi connectivity index (χ4v) is 7.24. The van der Waals surface area contributed by atoms with E-state index in [2.05, 4.69) is 11.9 Å². The van der Waals surface area contributed by atoms with Crippen LogP contribution < -0.4 is 5.56 Å². The largest absolute Gasteiger partial charge is 0.303 e. The number of aromatic amines is 1. The molecule has 1 N–H and O–H groups in total. The van der Waals surface area contributed by atoms with Crippen molar-refractivity contribution in [1.82, 2.24) is 19.6 Å². The molecule has 3 aromatic heterocycles. The average Bonchev–Trinajstić information content (AvgIpc) is 3.28. The Balaban J connectivity index is 1.60. The van der Waals surface area contributed by atoms with Gasteiger partial charge in [0.1, 0.15) is 5.82 Å². The third-order valence-corrected chi connectivity index (χ3v) is 8.05. The number of imidazole rings is 1. The summed E-state index contributed by atoms with van der Waals surface area (Å²) in [5.74, 6) is 4.25. The first-order valence-electron chi connectivity index (χ1n) is 10.2. The molecule has 0 atom stereocenters. The average molecular weight is 381 g/mol. The summed E-state index contributed by atoms with van der Waals surface area (Å²) in [6.07, 6.45) is 8.64. The van der Waals surface area contributed by atoms with E-state index in [9.17, 15) is 4.79 Å². The van der Waals surface area contributed by atoms with Crippen molar-refractivity contribution in [3.8, 4) is 10.7 Å². The number of rotatable bonds is 3. The zero-order chi connectivity index (χ0) is 18.2. The Morgan fingerprint density at radius 1 is 1.22 bits per heavy atom. The molecule has 4 aliphatic carbocycles. The molecule has 3 aromatic rings. The van der Waals surface area contributed by atoms with Crippen molar-refractivity contribution in [2.24, 2.45) is 17.8 Å². The van der Waals surface area contributed by atoms with Crippen molar-refractivity contribution in [2.45, 2.75) is 57.3 Å². The van der Waals surface area contributed by atoms with Crippen LogP contribution in [-0.2, 0) is 11.8 Å². The first-order valence-corrected chi connectivity index (χ1v) is 11.1. The second-order valence-corrected chi connectivity index (χ2v) is 9.92. The Kier molecular flexibility index (Phi) is 3.29. The number of aromatic nitrogens is 4. The van der Waals surface area contributed by atoms with E-state index in [1.165, 1.54) is 38.5 Å². The highest BCUT2D eigenvalue weighted by atomic mass is 32.1. The van der Waals surface area contributed by atoms with Crippen molar-refractivity contribution in [3.05, 3.63) is 39.4 Å². The van der Waals surface area contributed by atoms with Gasteiger partial charge in [0, 0.05) is 5.41 Å². The fourth-order valence-electron chi connectivity index (χ4n) is 6.57. The fraction of sp³-hybridized carbons (Fsp3) is 0.571. The summed E-state index contributed by atoms with van der Waals surface area (Å²) in [5.41, 5.74) is 1.61. The van der Waals surface area contributed by atoms with Gasteiger partial charge in [0.2, 0.25) is 0 Å². The van der Waals surface area contributed by atoms with Crippen molar-refractivity contribution in [3.63, 3.8) is 0 Å². The van der Waals surface area contributed by atoms with Gasteiger partial charge in [-0.2, -0.15) is 0 Å². The summed E-state index contributed by atoms with van der Waals surface area (Å²) in [7, 11) is 0. The predicted molar refractivity (Wildman–Crippen MR) is 106 cm³/mol. The van der Waals surface area contributed by atoms with Crippen LogP contribution >= 0.6 is 11.3 Å². The Morgan fingerprint density at radius 3 is 2.52 bits per heavy atom. The van der Waals surface area contributed by atoms with E-state index >= 15 is 0 Å². The third kappa shape index (κ3) is 2.25. The highest BCUT2D eigenvalue weighted by Crippen LogP contribution is 2.60. The lowest BCUT2D eigenvalue weighted by molar-refractivity contribution is -0.0101. The molecule has 0 radical (unpaired) electrons. The van der Waals surface area contributed by atoms with Crippen LogP contribution in [0.3, 0.4) is 0 Å². The lowest BCUT2D eigenvalue weighted by atomic mass is 9.49. The molecule has 4 aliphatic rings. The summed E-state index contributed by atoms with van der Waals surface area (Å²) in [4.78, 5) is 22.0. The number of H-pyrrole nitrogens is 1. The first kappa shape index (κ1) is 16.0. The molecule has 0 unspecified atom stereocenters. The van der Waals surface area contributed by atoms with Crippen LogP contribution in [0.5, 0.6) is 0 Å². The Labute approximate surface area is 161 Å². The van der Waals surface area contributed by atoms with Crippen LogP contribution in [0.1, 0.15) is 57.0 Å². The van der Waals surface area contributed by atoms with E-state index < -0.39 is 0 Å². The molecule has 4 bridgehead atoms. The predicted octanol–water partition coefficient (Wildman–Crippen LogP) is 4.18. The summed E-state index contributed by atoms with van der Waals surface area (Å²) in [5, 5.41) is 6.93. The van der Waals surface area contributed by atoms with Gasteiger partial charge in [-0.3, -0.25) is 4.79 Å². The standard InChI is InChI=1S/C21H24N4OS/c1-2-15-17-19(26)23-18(16-4-3-5-27-16)24-25(17)20(22-15)21-9-12-6-13(10-21)8-14(7-12)11-21/h3-5,12-14H,2,6-11H2,1H3,(H,23,24,26). The summed E-state index contributed by atoms with van der Waals surface area (Å²) in [6.45, 7) is 2.08.